The standard InChI is InChI=1S/C34H28N6O6S4/c1-48-30-17-20(11-13-27(30)38-40-29-16-22-7-3-5-9-25(22)34(32(29)36)50(44,45)46)19-10-12-26(23(14-19)18-47)37-39-28-15-21-6-2-4-8-24(21)33(31(28)35)49(41,42)43/h2-17,47H,18,35-36H2,1H3,(H,41,42,43)(H,44,45,46). The zero-order valence-electron chi connectivity index (χ0n) is 26.1. The maximum absolute atomic E-state index is 12.2. The number of hydrogen-bond acceptors (Lipinski definition) is 12. The zero-order valence-corrected chi connectivity index (χ0v) is 29.4. The molecular formula is C34H28N6O6S4. The first kappa shape index (κ1) is 35.0. The number of azo groups is 2. The van der Waals surface area contributed by atoms with Crippen molar-refractivity contribution in [3.63, 3.8) is 0 Å². The third-order valence-corrected chi connectivity index (χ3v) is 10.9. The van der Waals surface area contributed by atoms with Gasteiger partial charge in [0.05, 0.1) is 22.7 Å². The lowest BCUT2D eigenvalue weighted by Gasteiger charge is -2.11. The van der Waals surface area contributed by atoms with E-state index in [-0.39, 0.29) is 33.5 Å². The van der Waals surface area contributed by atoms with E-state index in [0.717, 1.165) is 21.6 Å². The van der Waals surface area contributed by atoms with Crippen molar-refractivity contribution >= 4 is 100 Å². The van der Waals surface area contributed by atoms with E-state index < -0.39 is 30.0 Å². The first-order valence-electron chi connectivity index (χ1n) is 14.6. The number of rotatable bonds is 9. The highest BCUT2D eigenvalue weighted by atomic mass is 32.2. The van der Waals surface area contributed by atoms with Gasteiger partial charge in [0, 0.05) is 21.4 Å². The maximum Gasteiger partial charge on any atom is 0.297 e. The molecule has 0 aliphatic heterocycles. The van der Waals surface area contributed by atoms with Gasteiger partial charge in [0.2, 0.25) is 0 Å². The van der Waals surface area contributed by atoms with Crippen LogP contribution in [0.25, 0.3) is 32.7 Å². The van der Waals surface area contributed by atoms with Gasteiger partial charge < -0.3 is 11.5 Å². The van der Waals surface area contributed by atoms with Crippen LogP contribution in [0.15, 0.2) is 132 Å². The largest absolute Gasteiger partial charge is 0.396 e. The normalized spacial score (nSPS) is 12.5. The average Bonchev–Trinajstić information content (AvgIpc) is 3.08. The molecule has 0 atom stereocenters. The van der Waals surface area contributed by atoms with Crippen LogP contribution >= 0.6 is 24.4 Å². The average molecular weight is 745 g/mol. The van der Waals surface area contributed by atoms with Crippen molar-refractivity contribution in [3.8, 4) is 11.1 Å². The van der Waals surface area contributed by atoms with Crippen molar-refractivity contribution in [1.82, 2.24) is 0 Å². The Morgan fingerprint density at radius 2 is 1.06 bits per heavy atom. The van der Waals surface area contributed by atoms with Gasteiger partial charge in [0.25, 0.3) is 20.2 Å². The number of anilines is 2. The highest BCUT2D eigenvalue weighted by Gasteiger charge is 2.23. The van der Waals surface area contributed by atoms with E-state index in [1.165, 1.54) is 11.8 Å². The second kappa shape index (κ2) is 13.8. The highest BCUT2D eigenvalue weighted by molar-refractivity contribution is 7.98. The molecular weight excluding hydrogens is 717 g/mol. The second-order valence-corrected chi connectivity index (χ2v) is 14.8. The van der Waals surface area contributed by atoms with Crippen LogP contribution < -0.4 is 11.5 Å². The quantitative estimate of drug-likeness (QED) is 0.0313. The smallest absolute Gasteiger partial charge is 0.297 e. The third-order valence-electron chi connectivity index (χ3n) is 7.85. The Hall–Kier alpha value is -4.84. The van der Waals surface area contributed by atoms with Crippen LogP contribution in [0.1, 0.15) is 5.56 Å². The van der Waals surface area contributed by atoms with Crippen LogP contribution in [0.5, 0.6) is 0 Å². The predicted molar refractivity (Wildman–Crippen MR) is 201 cm³/mol. The molecule has 0 aliphatic rings. The summed E-state index contributed by atoms with van der Waals surface area (Å²) in [5, 5.41) is 18.8. The number of nitrogen functional groups attached to an aromatic ring is 2. The molecule has 12 nitrogen and oxygen atoms in total. The van der Waals surface area contributed by atoms with Crippen LogP contribution in [0.4, 0.5) is 34.1 Å². The molecule has 6 rings (SSSR count). The number of thioether (sulfide) groups is 1. The van der Waals surface area contributed by atoms with Crippen LogP contribution in [0.2, 0.25) is 0 Å². The Bertz CT molecular complexity index is 2430. The van der Waals surface area contributed by atoms with Crippen LogP contribution in [0, 0.1) is 0 Å². The molecule has 50 heavy (non-hydrogen) atoms. The Morgan fingerprint density at radius 1 is 0.620 bits per heavy atom. The van der Waals surface area contributed by atoms with Crippen molar-refractivity contribution in [2.45, 2.75) is 20.4 Å². The highest BCUT2D eigenvalue weighted by Crippen LogP contribution is 2.41. The number of benzene rings is 6. The van der Waals surface area contributed by atoms with Crippen LogP contribution in [-0.2, 0) is 26.0 Å². The summed E-state index contributed by atoms with van der Waals surface area (Å²) in [4.78, 5) is -0.0692. The minimum Gasteiger partial charge on any atom is -0.396 e. The Balaban J connectivity index is 1.32. The second-order valence-electron chi connectivity index (χ2n) is 11.0. The van der Waals surface area contributed by atoms with E-state index in [1.54, 1.807) is 72.8 Å². The molecule has 16 heteroatoms. The van der Waals surface area contributed by atoms with Crippen LogP contribution in [0.3, 0.4) is 0 Å². The molecule has 0 bridgehead atoms. The zero-order chi connectivity index (χ0) is 35.8. The molecule has 6 aromatic rings. The fourth-order valence-electron chi connectivity index (χ4n) is 5.50. The lowest BCUT2D eigenvalue weighted by Crippen LogP contribution is -2.04. The van der Waals surface area contributed by atoms with Gasteiger partial charge in [-0.1, -0.05) is 60.7 Å². The van der Waals surface area contributed by atoms with Gasteiger partial charge in [-0.3, -0.25) is 9.11 Å². The van der Waals surface area contributed by atoms with E-state index in [9.17, 15) is 25.9 Å². The van der Waals surface area contributed by atoms with Crippen molar-refractivity contribution in [2.24, 2.45) is 20.5 Å². The maximum atomic E-state index is 12.2. The van der Waals surface area contributed by atoms with Gasteiger partial charge in [-0.05, 0) is 70.1 Å². The van der Waals surface area contributed by atoms with Gasteiger partial charge in [-0.15, -0.1) is 27.1 Å². The number of fused-ring (bicyclic) bond motifs is 2. The molecule has 6 N–H and O–H groups in total. The lowest BCUT2D eigenvalue weighted by molar-refractivity contribution is 0.482. The van der Waals surface area contributed by atoms with Gasteiger partial charge in [-0.25, -0.2) is 0 Å². The molecule has 0 amide bonds. The SMILES string of the molecule is CSc1cc(-c2ccc(N=Nc3cc4ccccc4c(S(=O)(=O)O)c3N)c(CS)c2)ccc1N=Nc1cc2ccccc2c(S(=O)(=O)O)c1N. The fraction of sp³-hybridized carbons (Fsp3) is 0.0588. The summed E-state index contributed by atoms with van der Waals surface area (Å²) in [7, 11) is -9.29. The topological polar surface area (TPSA) is 210 Å². The molecule has 0 spiro atoms. The van der Waals surface area contributed by atoms with E-state index in [4.69, 9.17) is 11.5 Å². The van der Waals surface area contributed by atoms with Gasteiger partial charge in [-0.2, -0.15) is 34.6 Å². The van der Waals surface area contributed by atoms with Gasteiger partial charge >= 0.3 is 0 Å². The molecule has 0 radical (unpaired) electrons. The lowest BCUT2D eigenvalue weighted by atomic mass is 10.0. The van der Waals surface area contributed by atoms with Gasteiger partial charge in [0.1, 0.15) is 21.2 Å². The first-order valence-corrected chi connectivity index (χ1v) is 19.4. The first-order chi connectivity index (χ1) is 23.8. The third kappa shape index (κ3) is 6.94. The van der Waals surface area contributed by atoms with Gasteiger partial charge in [0.15, 0.2) is 0 Å². The molecule has 254 valence electrons. The van der Waals surface area contributed by atoms with Crippen molar-refractivity contribution in [3.05, 3.63) is 103 Å². The summed E-state index contributed by atoms with van der Waals surface area (Å²) in [6.45, 7) is 0. The molecule has 0 heterocycles. The summed E-state index contributed by atoms with van der Waals surface area (Å²) in [5.41, 5.74) is 15.5. The van der Waals surface area contributed by atoms with E-state index >= 15 is 0 Å². The monoisotopic (exact) mass is 744 g/mol. The van der Waals surface area contributed by atoms with E-state index in [0.29, 0.717) is 27.9 Å². The number of thiol groups is 1. The predicted octanol–water partition coefficient (Wildman–Crippen LogP) is 9.30. The molecule has 0 unspecified atom stereocenters. The number of hydrogen-bond donors (Lipinski definition) is 5. The molecule has 6 aromatic carbocycles. The van der Waals surface area contributed by atoms with Crippen molar-refractivity contribution in [1.29, 1.82) is 0 Å². The summed E-state index contributed by atoms with van der Waals surface area (Å²) in [6.07, 6.45) is 1.88. The minimum atomic E-state index is -4.65. The number of nitrogens with two attached hydrogens (primary N) is 2. The van der Waals surface area contributed by atoms with Crippen LogP contribution in [-0.4, -0.2) is 32.2 Å². The summed E-state index contributed by atoms with van der Waals surface area (Å²) in [6, 6.07) is 27.5. The molecule has 0 aliphatic carbocycles. The minimum absolute atomic E-state index is 0.0829. The molecule has 0 aromatic heterocycles. The fourth-order valence-corrected chi connectivity index (χ4v) is 8.01. The summed E-state index contributed by atoms with van der Waals surface area (Å²) >= 11 is 5.92. The van der Waals surface area contributed by atoms with Crippen molar-refractivity contribution in [2.75, 3.05) is 17.7 Å². The molecule has 0 saturated carbocycles. The van der Waals surface area contributed by atoms with Crippen molar-refractivity contribution < 1.29 is 25.9 Å². The molecule has 0 fully saturated rings. The summed E-state index contributed by atoms with van der Waals surface area (Å²) < 4.78 is 68.5. The Kier molecular flexibility index (Phi) is 9.67. The van der Waals surface area contributed by atoms with E-state index in [1.807, 2.05) is 30.5 Å². The number of nitrogens with zero attached hydrogens (tertiary/aromatic N) is 4. The Morgan fingerprint density at radius 3 is 1.54 bits per heavy atom. The summed E-state index contributed by atoms with van der Waals surface area (Å²) in [5.74, 6) is 0.312. The Labute approximate surface area is 297 Å². The van der Waals surface area contributed by atoms with E-state index in [2.05, 4.69) is 33.1 Å². The molecule has 0 saturated heterocycles.